The molecule has 0 atom stereocenters. The molecule has 0 spiro atoms. The number of hydrogen-bond acceptors (Lipinski definition) is 5. The van der Waals surface area contributed by atoms with Crippen molar-refractivity contribution in [2.24, 2.45) is 5.92 Å². The number of likely N-dealkylation sites (tertiary alicyclic amines) is 1. The quantitative estimate of drug-likeness (QED) is 0.672. The molecule has 7 heteroatoms. The van der Waals surface area contributed by atoms with E-state index in [4.69, 9.17) is 9.26 Å². The molecule has 1 saturated heterocycles. The van der Waals surface area contributed by atoms with Crippen LogP contribution in [0.2, 0.25) is 0 Å². The lowest BCUT2D eigenvalue weighted by Crippen LogP contribution is -2.41. The van der Waals surface area contributed by atoms with Crippen molar-refractivity contribution in [1.29, 1.82) is 0 Å². The Kier molecular flexibility index (Phi) is 6.02. The SMILES string of the molecule is COc1ccccc1NC(=O)C1CCN(C(=O)c2cc(-c3ccc(C)cc3)no2)CC1. The Bertz CT molecular complexity index is 1070. The van der Waals surface area contributed by atoms with Crippen molar-refractivity contribution in [2.75, 3.05) is 25.5 Å². The van der Waals surface area contributed by atoms with E-state index >= 15 is 0 Å². The summed E-state index contributed by atoms with van der Waals surface area (Å²) in [5.41, 5.74) is 3.34. The first-order valence-corrected chi connectivity index (χ1v) is 10.3. The van der Waals surface area contributed by atoms with E-state index in [1.807, 2.05) is 49.4 Å². The number of hydrogen-bond donors (Lipinski definition) is 1. The molecule has 3 aromatic rings. The lowest BCUT2D eigenvalue weighted by atomic mass is 9.95. The molecule has 1 N–H and O–H groups in total. The van der Waals surface area contributed by atoms with E-state index in [1.54, 1.807) is 24.1 Å². The third-order valence-electron chi connectivity index (χ3n) is 5.59. The fourth-order valence-corrected chi connectivity index (χ4v) is 3.72. The number of nitrogens with one attached hydrogen (secondary N) is 1. The highest BCUT2D eigenvalue weighted by Crippen LogP contribution is 2.27. The van der Waals surface area contributed by atoms with Crippen LogP contribution in [0, 0.1) is 12.8 Å². The molecule has 160 valence electrons. The molecule has 2 heterocycles. The van der Waals surface area contributed by atoms with Crippen molar-refractivity contribution in [3.8, 4) is 17.0 Å². The second-order valence-corrected chi connectivity index (χ2v) is 7.70. The van der Waals surface area contributed by atoms with Gasteiger partial charge in [-0.3, -0.25) is 9.59 Å². The van der Waals surface area contributed by atoms with Crippen molar-refractivity contribution in [3.63, 3.8) is 0 Å². The summed E-state index contributed by atoms with van der Waals surface area (Å²) in [5.74, 6) is 0.421. The summed E-state index contributed by atoms with van der Waals surface area (Å²) in [6, 6.07) is 16.9. The van der Waals surface area contributed by atoms with Crippen LogP contribution in [0.25, 0.3) is 11.3 Å². The van der Waals surface area contributed by atoms with Gasteiger partial charge in [0.2, 0.25) is 11.7 Å². The number of rotatable bonds is 5. The summed E-state index contributed by atoms with van der Waals surface area (Å²) in [4.78, 5) is 27.2. The summed E-state index contributed by atoms with van der Waals surface area (Å²) >= 11 is 0. The zero-order chi connectivity index (χ0) is 21.8. The van der Waals surface area contributed by atoms with E-state index in [9.17, 15) is 9.59 Å². The molecule has 2 amide bonds. The Morgan fingerprint density at radius 2 is 1.81 bits per heavy atom. The van der Waals surface area contributed by atoms with E-state index < -0.39 is 0 Å². The Labute approximate surface area is 181 Å². The van der Waals surface area contributed by atoms with E-state index in [2.05, 4.69) is 10.5 Å². The highest BCUT2D eigenvalue weighted by Gasteiger charge is 2.30. The molecular weight excluding hydrogens is 394 g/mol. The summed E-state index contributed by atoms with van der Waals surface area (Å²) < 4.78 is 10.6. The van der Waals surface area contributed by atoms with E-state index in [-0.39, 0.29) is 23.5 Å². The average Bonchev–Trinajstić information content (AvgIpc) is 3.30. The van der Waals surface area contributed by atoms with Crippen LogP contribution in [-0.4, -0.2) is 42.1 Å². The Hall–Kier alpha value is -3.61. The standard InChI is InChI=1S/C24H25N3O4/c1-16-7-9-17(10-8-16)20-15-22(31-26-20)24(29)27-13-11-18(12-14-27)23(28)25-19-5-3-4-6-21(19)30-2/h3-10,15,18H,11-14H2,1-2H3,(H,25,28). The summed E-state index contributed by atoms with van der Waals surface area (Å²) in [5, 5.41) is 6.98. The summed E-state index contributed by atoms with van der Waals surface area (Å²) in [6.07, 6.45) is 1.18. The number of methoxy groups -OCH3 is 1. The first-order valence-electron chi connectivity index (χ1n) is 10.3. The van der Waals surface area contributed by atoms with Gasteiger partial charge in [-0.2, -0.15) is 0 Å². The number of nitrogens with zero attached hydrogens (tertiary/aromatic N) is 2. The first-order chi connectivity index (χ1) is 15.0. The van der Waals surface area contributed by atoms with Crippen molar-refractivity contribution in [2.45, 2.75) is 19.8 Å². The Balaban J connectivity index is 1.35. The average molecular weight is 419 g/mol. The summed E-state index contributed by atoms with van der Waals surface area (Å²) in [6.45, 7) is 2.99. The maximum Gasteiger partial charge on any atom is 0.292 e. The predicted molar refractivity (Wildman–Crippen MR) is 117 cm³/mol. The Morgan fingerprint density at radius 1 is 1.10 bits per heavy atom. The van der Waals surface area contributed by atoms with Crippen LogP contribution in [0.1, 0.15) is 29.0 Å². The number of aryl methyl sites for hydroxylation is 1. The van der Waals surface area contributed by atoms with Gasteiger partial charge in [0.15, 0.2) is 0 Å². The molecule has 0 unspecified atom stereocenters. The van der Waals surface area contributed by atoms with Crippen LogP contribution in [0.4, 0.5) is 5.69 Å². The van der Waals surface area contributed by atoms with Gasteiger partial charge in [0.25, 0.3) is 5.91 Å². The molecule has 0 bridgehead atoms. The molecule has 1 aliphatic heterocycles. The maximum atomic E-state index is 12.8. The third kappa shape index (κ3) is 4.60. The van der Waals surface area contributed by atoms with Crippen LogP contribution in [0.5, 0.6) is 5.75 Å². The Morgan fingerprint density at radius 3 is 2.52 bits per heavy atom. The van der Waals surface area contributed by atoms with Gasteiger partial charge in [-0.05, 0) is 31.9 Å². The van der Waals surface area contributed by atoms with Crippen LogP contribution in [0.3, 0.4) is 0 Å². The first kappa shape index (κ1) is 20.7. The lowest BCUT2D eigenvalue weighted by molar-refractivity contribution is -0.121. The number of amides is 2. The van der Waals surface area contributed by atoms with E-state index in [1.165, 1.54) is 0 Å². The monoisotopic (exact) mass is 419 g/mol. The number of para-hydroxylation sites is 2. The zero-order valence-corrected chi connectivity index (χ0v) is 17.6. The van der Waals surface area contributed by atoms with Crippen LogP contribution in [-0.2, 0) is 4.79 Å². The van der Waals surface area contributed by atoms with Crippen LogP contribution >= 0.6 is 0 Å². The molecule has 1 aromatic heterocycles. The van der Waals surface area contributed by atoms with E-state index in [0.717, 1.165) is 11.1 Å². The molecule has 31 heavy (non-hydrogen) atoms. The normalized spacial score (nSPS) is 14.3. The highest BCUT2D eigenvalue weighted by molar-refractivity contribution is 5.95. The number of ether oxygens (including phenoxy) is 1. The molecule has 2 aromatic carbocycles. The van der Waals surface area contributed by atoms with Crippen molar-refractivity contribution < 1.29 is 18.8 Å². The van der Waals surface area contributed by atoms with Gasteiger partial charge in [-0.1, -0.05) is 47.1 Å². The van der Waals surface area contributed by atoms with Crippen molar-refractivity contribution in [1.82, 2.24) is 10.1 Å². The number of carbonyl (C=O) groups is 2. The second-order valence-electron chi connectivity index (χ2n) is 7.70. The smallest absolute Gasteiger partial charge is 0.292 e. The van der Waals surface area contributed by atoms with Crippen molar-refractivity contribution in [3.05, 3.63) is 65.9 Å². The second kappa shape index (κ2) is 9.04. The molecule has 0 radical (unpaired) electrons. The predicted octanol–water partition coefficient (Wildman–Crippen LogP) is 4.15. The van der Waals surface area contributed by atoms with E-state index in [0.29, 0.717) is 43.1 Å². The minimum absolute atomic E-state index is 0.0575. The minimum atomic E-state index is -0.200. The maximum absolute atomic E-state index is 12.8. The minimum Gasteiger partial charge on any atom is -0.495 e. The zero-order valence-electron chi connectivity index (χ0n) is 17.6. The fourth-order valence-electron chi connectivity index (χ4n) is 3.72. The van der Waals surface area contributed by atoms with Gasteiger partial charge in [-0.25, -0.2) is 0 Å². The number of piperidine rings is 1. The topological polar surface area (TPSA) is 84.7 Å². The lowest BCUT2D eigenvalue weighted by Gasteiger charge is -2.30. The molecule has 0 aliphatic carbocycles. The number of aromatic nitrogens is 1. The van der Waals surface area contributed by atoms with Gasteiger partial charge in [0, 0.05) is 30.6 Å². The highest BCUT2D eigenvalue weighted by atomic mass is 16.5. The molecule has 4 rings (SSSR count). The molecule has 1 aliphatic rings. The number of anilines is 1. The van der Waals surface area contributed by atoms with Gasteiger partial charge in [0.1, 0.15) is 11.4 Å². The third-order valence-corrected chi connectivity index (χ3v) is 5.59. The van der Waals surface area contributed by atoms with Gasteiger partial charge in [0.05, 0.1) is 12.8 Å². The molecular formula is C24H25N3O4. The van der Waals surface area contributed by atoms with Crippen LogP contribution < -0.4 is 10.1 Å². The van der Waals surface area contributed by atoms with Crippen LogP contribution in [0.15, 0.2) is 59.1 Å². The van der Waals surface area contributed by atoms with Crippen molar-refractivity contribution >= 4 is 17.5 Å². The van der Waals surface area contributed by atoms with Gasteiger partial charge < -0.3 is 19.5 Å². The van der Waals surface area contributed by atoms with Gasteiger partial charge in [-0.15, -0.1) is 0 Å². The van der Waals surface area contributed by atoms with Gasteiger partial charge >= 0.3 is 0 Å². The molecule has 7 nitrogen and oxygen atoms in total. The molecule has 1 fully saturated rings. The number of carbonyl (C=O) groups excluding carboxylic acids is 2. The molecule has 0 saturated carbocycles. The summed E-state index contributed by atoms with van der Waals surface area (Å²) in [7, 11) is 1.57. The largest absolute Gasteiger partial charge is 0.495 e. The number of benzene rings is 2. The fraction of sp³-hybridized carbons (Fsp3) is 0.292.